The molecule has 0 unspecified atom stereocenters. The third-order valence-corrected chi connectivity index (χ3v) is 4.22. The van der Waals surface area contributed by atoms with Crippen molar-refractivity contribution in [2.75, 3.05) is 17.6 Å². The van der Waals surface area contributed by atoms with Crippen LogP contribution in [0.5, 0.6) is 0 Å². The highest BCUT2D eigenvalue weighted by molar-refractivity contribution is 9.10. The first-order valence-corrected chi connectivity index (χ1v) is 8.66. The van der Waals surface area contributed by atoms with Crippen LogP contribution in [0.1, 0.15) is 17.7 Å². The van der Waals surface area contributed by atoms with E-state index in [9.17, 15) is 5.26 Å². The number of pyridine rings is 1. The Labute approximate surface area is 154 Å². The standard InChI is InChI=1S/C18H17BrN6/c19-13-8-10-23-17(11-13)22-9-4-7-16-15(12-20)18(21)25(24-16)14-5-2-1-3-6-14/h1-3,5-6,8,10-11H,4,7,9,21H2,(H,22,23). The Hall–Kier alpha value is -2.85. The second-order valence-corrected chi connectivity index (χ2v) is 6.37. The molecule has 6 nitrogen and oxygen atoms in total. The fourth-order valence-corrected chi connectivity index (χ4v) is 2.85. The van der Waals surface area contributed by atoms with Gasteiger partial charge < -0.3 is 11.1 Å². The first-order chi connectivity index (χ1) is 12.2. The number of hydrogen-bond acceptors (Lipinski definition) is 5. The number of nitrogens with two attached hydrogens (primary N) is 1. The van der Waals surface area contributed by atoms with Gasteiger partial charge in [0.15, 0.2) is 0 Å². The Kier molecular flexibility index (Phi) is 5.31. The third-order valence-electron chi connectivity index (χ3n) is 3.72. The summed E-state index contributed by atoms with van der Waals surface area (Å²) in [6, 6.07) is 15.5. The molecule has 2 aromatic heterocycles. The zero-order chi connectivity index (χ0) is 17.6. The van der Waals surface area contributed by atoms with Gasteiger partial charge in [-0.1, -0.05) is 34.1 Å². The Morgan fingerprint density at radius 1 is 1.24 bits per heavy atom. The van der Waals surface area contributed by atoms with Crippen LogP contribution in [-0.4, -0.2) is 21.3 Å². The van der Waals surface area contributed by atoms with E-state index in [0.717, 1.165) is 28.9 Å². The van der Waals surface area contributed by atoms with E-state index in [4.69, 9.17) is 5.73 Å². The highest BCUT2D eigenvalue weighted by atomic mass is 79.9. The zero-order valence-corrected chi connectivity index (χ0v) is 15.1. The molecular formula is C18H17BrN6. The smallest absolute Gasteiger partial charge is 0.145 e. The Morgan fingerprint density at radius 2 is 2.04 bits per heavy atom. The Bertz CT molecular complexity index is 898. The van der Waals surface area contributed by atoms with Crippen molar-refractivity contribution in [3.05, 3.63) is 64.4 Å². The second-order valence-electron chi connectivity index (χ2n) is 5.46. The number of nitrogens with one attached hydrogen (secondary N) is 1. The fraction of sp³-hybridized carbons (Fsp3) is 0.167. The number of nitrogens with zero attached hydrogens (tertiary/aromatic N) is 4. The van der Waals surface area contributed by atoms with Gasteiger partial charge in [0.1, 0.15) is 23.3 Å². The van der Waals surface area contributed by atoms with Crippen molar-refractivity contribution in [1.82, 2.24) is 14.8 Å². The second kappa shape index (κ2) is 7.81. The summed E-state index contributed by atoms with van der Waals surface area (Å²) in [7, 11) is 0. The maximum Gasteiger partial charge on any atom is 0.145 e. The van der Waals surface area contributed by atoms with E-state index in [1.807, 2.05) is 42.5 Å². The lowest BCUT2D eigenvalue weighted by Gasteiger charge is -2.05. The Morgan fingerprint density at radius 3 is 2.76 bits per heavy atom. The molecule has 0 radical (unpaired) electrons. The van der Waals surface area contributed by atoms with Gasteiger partial charge in [-0.2, -0.15) is 10.4 Å². The molecule has 3 N–H and O–H groups in total. The largest absolute Gasteiger partial charge is 0.382 e. The van der Waals surface area contributed by atoms with E-state index < -0.39 is 0 Å². The molecule has 0 atom stereocenters. The predicted octanol–water partition coefficient (Wildman–Crippen LogP) is 3.53. The number of para-hydroxylation sites is 1. The van der Waals surface area contributed by atoms with Crippen molar-refractivity contribution in [3.63, 3.8) is 0 Å². The van der Waals surface area contributed by atoms with Gasteiger partial charge in [-0.3, -0.25) is 0 Å². The summed E-state index contributed by atoms with van der Waals surface area (Å²) in [4.78, 5) is 4.24. The number of aromatic nitrogens is 3. The van der Waals surface area contributed by atoms with Crippen molar-refractivity contribution in [2.24, 2.45) is 0 Å². The monoisotopic (exact) mass is 396 g/mol. The molecule has 3 aromatic rings. The highest BCUT2D eigenvalue weighted by Crippen LogP contribution is 2.21. The van der Waals surface area contributed by atoms with E-state index in [1.54, 1.807) is 10.9 Å². The van der Waals surface area contributed by atoms with Gasteiger partial charge in [-0.05, 0) is 37.1 Å². The first-order valence-electron chi connectivity index (χ1n) is 7.87. The molecule has 126 valence electrons. The number of nitriles is 1. The molecule has 0 aliphatic rings. The summed E-state index contributed by atoms with van der Waals surface area (Å²) < 4.78 is 2.60. The van der Waals surface area contributed by atoms with E-state index in [1.165, 1.54) is 0 Å². The quantitative estimate of drug-likeness (QED) is 0.621. The van der Waals surface area contributed by atoms with E-state index in [0.29, 0.717) is 23.5 Å². The molecule has 0 aliphatic heterocycles. The number of hydrogen-bond donors (Lipinski definition) is 2. The minimum absolute atomic E-state index is 0.380. The first kappa shape index (κ1) is 17.0. The summed E-state index contributed by atoms with van der Waals surface area (Å²) in [5.74, 6) is 1.19. The van der Waals surface area contributed by atoms with Crippen molar-refractivity contribution in [2.45, 2.75) is 12.8 Å². The normalized spacial score (nSPS) is 10.4. The maximum absolute atomic E-state index is 9.41. The van der Waals surface area contributed by atoms with Crippen LogP contribution in [-0.2, 0) is 6.42 Å². The average Bonchev–Trinajstić information content (AvgIpc) is 2.95. The van der Waals surface area contributed by atoms with E-state index in [-0.39, 0.29) is 0 Å². The van der Waals surface area contributed by atoms with E-state index in [2.05, 4.69) is 37.4 Å². The molecule has 7 heteroatoms. The number of rotatable bonds is 6. The maximum atomic E-state index is 9.41. The van der Waals surface area contributed by atoms with Gasteiger partial charge in [0.2, 0.25) is 0 Å². The lowest BCUT2D eigenvalue weighted by Crippen LogP contribution is -2.05. The van der Waals surface area contributed by atoms with Crippen molar-refractivity contribution < 1.29 is 0 Å². The van der Waals surface area contributed by atoms with Gasteiger partial charge in [-0.25, -0.2) is 9.67 Å². The Balaban J connectivity index is 1.67. The van der Waals surface area contributed by atoms with Crippen molar-refractivity contribution in [3.8, 4) is 11.8 Å². The SMILES string of the molecule is N#Cc1c(CCCNc2cc(Br)ccn2)nn(-c2ccccc2)c1N. The number of anilines is 2. The summed E-state index contributed by atoms with van der Waals surface area (Å²) in [5.41, 5.74) is 8.12. The van der Waals surface area contributed by atoms with Gasteiger partial charge in [0.25, 0.3) is 0 Å². The average molecular weight is 397 g/mol. The molecule has 2 heterocycles. The number of aryl methyl sites for hydroxylation is 1. The van der Waals surface area contributed by atoms with Gasteiger partial charge in [0.05, 0.1) is 11.4 Å². The molecule has 0 spiro atoms. The van der Waals surface area contributed by atoms with Gasteiger partial charge in [0, 0.05) is 17.2 Å². The lowest BCUT2D eigenvalue weighted by atomic mass is 10.1. The molecule has 0 amide bonds. The summed E-state index contributed by atoms with van der Waals surface area (Å²) in [5, 5.41) is 17.2. The topological polar surface area (TPSA) is 92.5 Å². The number of benzene rings is 1. The van der Waals surface area contributed by atoms with Crippen LogP contribution in [0.3, 0.4) is 0 Å². The molecular weight excluding hydrogens is 380 g/mol. The van der Waals surface area contributed by atoms with Gasteiger partial charge >= 0.3 is 0 Å². The summed E-state index contributed by atoms with van der Waals surface area (Å²) in [6.45, 7) is 0.729. The van der Waals surface area contributed by atoms with Crippen LogP contribution in [0.4, 0.5) is 11.6 Å². The van der Waals surface area contributed by atoms with Crippen molar-refractivity contribution in [1.29, 1.82) is 5.26 Å². The summed E-state index contributed by atoms with van der Waals surface area (Å²) in [6.07, 6.45) is 3.21. The molecule has 0 bridgehead atoms. The predicted molar refractivity (Wildman–Crippen MR) is 101 cm³/mol. The van der Waals surface area contributed by atoms with Crippen LogP contribution >= 0.6 is 15.9 Å². The molecule has 1 aromatic carbocycles. The van der Waals surface area contributed by atoms with Crippen LogP contribution in [0, 0.1) is 11.3 Å². The fourth-order valence-electron chi connectivity index (χ4n) is 2.51. The van der Waals surface area contributed by atoms with Crippen LogP contribution in [0.15, 0.2) is 53.1 Å². The molecule has 25 heavy (non-hydrogen) atoms. The molecule has 0 aliphatic carbocycles. The zero-order valence-electron chi connectivity index (χ0n) is 13.5. The van der Waals surface area contributed by atoms with Gasteiger partial charge in [-0.15, -0.1) is 0 Å². The van der Waals surface area contributed by atoms with Crippen LogP contribution in [0.25, 0.3) is 5.69 Å². The van der Waals surface area contributed by atoms with E-state index >= 15 is 0 Å². The van der Waals surface area contributed by atoms with Crippen LogP contribution < -0.4 is 11.1 Å². The lowest BCUT2D eigenvalue weighted by molar-refractivity contribution is 0.789. The molecule has 3 rings (SSSR count). The van der Waals surface area contributed by atoms with Crippen LogP contribution in [0.2, 0.25) is 0 Å². The van der Waals surface area contributed by atoms with Crippen molar-refractivity contribution >= 4 is 27.6 Å². The summed E-state index contributed by atoms with van der Waals surface area (Å²) >= 11 is 3.42. The molecule has 0 saturated heterocycles. The highest BCUT2D eigenvalue weighted by Gasteiger charge is 2.16. The number of halogens is 1. The minimum Gasteiger partial charge on any atom is -0.382 e. The minimum atomic E-state index is 0.380. The molecule has 0 saturated carbocycles. The number of nitrogen functional groups attached to an aromatic ring is 1. The third kappa shape index (κ3) is 3.98. The molecule has 0 fully saturated rings.